The summed E-state index contributed by atoms with van der Waals surface area (Å²) >= 11 is 1.68. The van der Waals surface area contributed by atoms with Crippen LogP contribution < -0.4 is 0 Å². The first-order chi connectivity index (χ1) is 14.8. The molecule has 1 aliphatic heterocycles. The molecule has 4 nitrogen and oxygen atoms in total. The molecule has 2 aromatic rings. The molecule has 1 heterocycles. The molecule has 1 amide bonds. The molecule has 9 heteroatoms. The predicted molar refractivity (Wildman–Crippen MR) is 117 cm³/mol. The lowest BCUT2D eigenvalue weighted by atomic mass is 10.1. The minimum Gasteiger partial charge on any atom is -0.332 e. The molecule has 0 aromatic heterocycles. The molecule has 168 valence electrons. The SMILES string of the molecule is CCCC1CN(C(=O)C(F)(F)F)CCN1S(=O)c1ccc(SCc2ccccc2)cc1. The van der Waals surface area contributed by atoms with Crippen LogP contribution in [0.2, 0.25) is 0 Å². The number of benzene rings is 2. The third-order valence-corrected chi connectivity index (χ3v) is 7.73. The molecule has 0 spiro atoms. The Morgan fingerprint density at radius 3 is 2.39 bits per heavy atom. The van der Waals surface area contributed by atoms with Gasteiger partial charge in [-0.2, -0.15) is 13.2 Å². The third-order valence-electron chi connectivity index (χ3n) is 5.07. The second kappa shape index (κ2) is 10.7. The van der Waals surface area contributed by atoms with E-state index in [0.29, 0.717) is 11.3 Å². The number of carbonyl (C=O) groups excluding carboxylic acids is 1. The van der Waals surface area contributed by atoms with Crippen molar-refractivity contribution < 1.29 is 22.2 Å². The smallest absolute Gasteiger partial charge is 0.332 e. The molecule has 0 bridgehead atoms. The average Bonchev–Trinajstić information content (AvgIpc) is 2.77. The van der Waals surface area contributed by atoms with Crippen LogP contribution in [0.25, 0.3) is 0 Å². The molecule has 1 saturated heterocycles. The van der Waals surface area contributed by atoms with Crippen molar-refractivity contribution in [3.8, 4) is 0 Å². The maximum absolute atomic E-state index is 13.2. The van der Waals surface area contributed by atoms with E-state index < -0.39 is 23.1 Å². The van der Waals surface area contributed by atoms with Crippen LogP contribution in [0.5, 0.6) is 0 Å². The quantitative estimate of drug-likeness (QED) is 0.542. The van der Waals surface area contributed by atoms with Gasteiger partial charge in [0.25, 0.3) is 0 Å². The van der Waals surface area contributed by atoms with E-state index >= 15 is 0 Å². The van der Waals surface area contributed by atoms with Crippen molar-refractivity contribution in [2.75, 3.05) is 19.6 Å². The van der Waals surface area contributed by atoms with E-state index in [0.717, 1.165) is 22.0 Å². The van der Waals surface area contributed by atoms with Gasteiger partial charge in [0, 0.05) is 36.3 Å². The summed E-state index contributed by atoms with van der Waals surface area (Å²) in [6, 6.07) is 17.2. The maximum atomic E-state index is 13.2. The molecule has 1 fully saturated rings. The van der Waals surface area contributed by atoms with Crippen LogP contribution >= 0.6 is 11.8 Å². The lowest BCUT2D eigenvalue weighted by Gasteiger charge is -2.40. The number of carbonyl (C=O) groups is 1. The fourth-order valence-corrected chi connectivity index (χ4v) is 5.70. The number of thioether (sulfide) groups is 1. The summed E-state index contributed by atoms with van der Waals surface area (Å²) in [6.45, 7) is 1.91. The van der Waals surface area contributed by atoms with E-state index in [1.807, 2.05) is 37.3 Å². The van der Waals surface area contributed by atoms with Crippen molar-refractivity contribution in [1.29, 1.82) is 0 Å². The van der Waals surface area contributed by atoms with Crippen LogP contribution in [0.1, 0.15) is 25.3 Å². The summed E-state index contributed by atoms with van der Waals surface area (Å²) in [5.74, 6) is -0.990. The fourth-order valence-electron chi connectivity index (χ4n) is 3.52. The van der Waals surface area contributed by atoms with Crippen molar-refractivity contribution in [2.24, 2.45) is 0 Å². The second-order valence-electron chi connectivity index (χ2n) is 7.33. The number of amides is 1. The van der Waals surface area contributed by atoms with E-state index in [-0.39, 0.29) is 25.7 Å². The highest BCUT2D eigenvalue weighted by Crippen LogP contribution is 2.27. The van der Waals surface area contributed by atoms with Crippen molar-refractivity contribution >= 4 is 28.7 Å². The number of halogens is 3. The number of alkyl halides is 3. The van der Waals surface area contributed by atoms with Crippen molar-refractivity contribution in [3.05, 3.63) is 60.2 Å². The summed E-state index contributed by atoms with van der Waals surface area (Å²) in [5.41, 5.74) is 1.22. The summed E-state index contributed by atoms with van der Waals surface area (Å²) < 4.78 is 53.3. The van der Waals surface area contributed by atoms with Crippen LogP contribution in [0.3, 0.4) is 0 Å². The minimum absolute atomic E-state index is 0.0665. The number of hydrogen-bond donors (Lipinski definition) is 0. The van der Waals surface area contributed by atoms with Gasteiger partial charge in [0.05, 0.1) is 4.90 Å². The van der Waals surface area contributed by atoms with Gasteiger partial charge in [0.1, 0.15) is 11.0 Å². The molecular weight excluding hydrogens is 445 g/mol. The number of piperazine rings is 1. The first-order valence-electron chi connectivity index (χ1n) is 10.1. The molecule has 1 aliphatic rings. The van der Waals surface area contributed by atoms with Crippen molar-refractivity contribution in [1.82, 2.24) is 9.21 Å². The van der Waals surface area contributed by atoms with E-state index in [4.69, 9.17) is 0 Å². The van der Waals surface area contributed by atoms with Gasteiger partial charge in [-0.3, -0.25) is 4.79 Å². The molecule has 0 aliphatic carbocycles. The molecule has 0 saturated carbocycles. The van der Waals surface area contributed by atoms with E-state index in [1.165, 1.54) is 5.56 Å². The molecule has 31 heavy (non-hydrogen) atoms. The van der Waals surface area contributed by atoms with Crippen LogP contribution in [-0.2, 0) is 21.5 Å². The van der Waals surface area contributed by atoms with Gasteiger partial charge >= 0.3 is 12.1 Å². The van der Waals surface area contributed by atoms with Gasteiger partial charge in [-0.25, -0.2) is 8.51 Å². The predicted octanol–water partition coefficient (Wildman–Crippen LogP) is 4.88. The van der Waals surface area contributed by atoms with Crippen LogP contribution in [0.4, 0.5) is 13.2 Å². The Kier molecular flexibility index (Phi) is 8.18. The molecule has 2 atom stereocenters. The Morgan fingerprint density at radius 1 is 1.10 bits per heavy atom. The Hall–Kier alpha value is -1.84. The van der Waals surface area contributed by atoms with Gasteiger partial charge in [0.2, 0.25) is 0 Å². The zero-order valence-corrected chi connectivity index (χ0v) is 18.8. The summed E-state index contributed by atoms with van der Waals surface area (Å²) in [6.07, 6.45) is -3.59. The molecule has 2 aromatic carbocycles. The fraction of sp³-hybridized carbons (Fsp3) is 0.409. The Balaban J connectivity index is 1.64. The van der Waals surface area contributed by atoms with Crippen molar-refractivity contribution in [2.45, 2.75) is 47.5 Å². The first kappa shape index (κ1) is 23.8. The lowest BCUT2D eigenvalue weighted by molar-refractivity contribution is -0.187. The largest absolute Gasteiger partial charge is 0.471 e. The van der Waals surface area contributed by atoms with Gasteiger partial charge in [-0.1, -0.05) is 43.7 Å². The maximum Gasteiger partial charge on any atom is 0.471 e. The highest BCUT2D eigenvalue weighted by Gasteiger charge is 2.45. The lowest BCUT2D eigenvalue weighted by Crippen LogP contribution is -2.57. The average molecular weight is 471 g/mol. The first-order valence-corrected chi connectivity index (χ1v) is 12.2. The standard InChI is InChI=1S/C22H25F3N2O2S2/c1-2-6-18-15-26(21(28)22(23,24)25)13-14-27(18)31(29)20-11-9-19(10-12-20)30-16-17-7-4-3-5-8-17/h3-5,7-12,18H,2,6,13-16H2,1H3. The number of rotatable bonds is 7. The monoisotopic (exact) mass is 470 g/mol. The van der Waals surface area contributed by atoms with E-state index in [2.05, 4.69) is 12.1 Å². The van der Waals surface area contributed by atoms with Gasteiger partial charge < -0.3 is 4.90 Å². The minimum atomic E-state index is -4.88. The number of nitrogens with zero attached hydrogens (tertiary/aromatic N) is 2. The molecule has 2 unspecified atom stereocenters. The van der Waals surface area contributed by atoms with E-state index in [1.54, 1.807) is 28.2 Å². The van der Waals surface area contributed by atoms with Crippen LogP contribution in [-0.4, -0.2) is 51.2 Å². The van der Waals surface area contributed by atoms with Gasteiger partial charge in [-0.15, -0.1) is 11.8 Å². The highest BCUT2D eigenvalue weighted by molar-refractivity contribution is 7.98. The summed E-state index contributed by atoms with van der Waals surface area (Å²) in [5, 5.41) is 0. The summed E-state index contributed by atoms with van der Waals surface area (Å²) in [4.78, 5) is 14.1. The molecule has 0 N–H and O–H groups in total. The third kappa shape index (κ3) is 6.33. The van der Waals surface area contributed by atoms with Gasteiger partial charge in [0.15, 0.2) is 0 Å². The topological polar surface area (TPSA) is 40.6 Å². The van der Waals surface area contributed by atoms with Crippen LogP contribution in [0, 0.1) is 0 Å². The molecule has 0 radical (unpaired) electrons. The summed E-state index contributed by atoms with van der Waals surface area (Å²) in [7, 11) is -1.49. The van der Waals surface area contributed by atoms with Crippen molar-refractivity contribution in [3.63, 3.8) is 0 Å². The molecular formula is C22H25F3N2O2S2. The Bertz CT molecular complexity index is 892. The van der Waals surface area contributed by atoms with Crippen LogP contribution in [0.15, 0.2) is 64.4 Å². The zero-order valence-electron chi connectivity index (χ0n) is 17.2. The Labute approximate surface area is 187 Å². The zero-order chi connectivity index (χ0) is 22.4. The molecule has 3 rings (SSSR count). The highest BCUT2D eigenvalue weighted by atomic mass is 32.2. The Morgan fingerprint density at radius 2 is 1.77 bits per heavy atom. The number of hydrogen-bond acceptors (Lipinski definition) is 3. The normalized spacial score (nSPS) is 18.7. The van der Waals surface area contributed by atoms with E-state index in [9.17, 15) is 22.2 Å². The second-order valence-corrected chi connectivity index (χ2v) is 9.81. The van der Waals surface area contributed by atoms with Gasteiger partial charge in [-0.05, 0) is 36.2 Å².